The summed E-state index contributed by atoms with van der Waals surface area (Å²) in [6, 6.07) is 11.8. The number of aryl methyl sites for hydroxylation is 1. The van der Waals surface area contributed by atoms with Crippen LogP contribution in [0.4, 0.5) is 5.69 Å². The fourth-order valence-corrected chi connectivity index (χ4v) is 3.43. The second-order valence-corrected chi connectivity index (χ2v) is 8.59. The number of nitrogens with zero attached hydrogens (tertiary/aromatic N) is 1. The average Bonchev–Trinajstić information content (AvgIpc) is 2.65. The van der Waals surface area contributed by atoms with Gasteiger partial charge in [-0.2, -0.15) is 0 Å². The topological polar surface area (TPSA) is 75.7 Å². The van der Waals surface area contributed by atoms with E-state index < -0.39 is 9.84 Å². The van der Waals surface area contributed by atoms with E-state index in [2.05, 4.69) is 24.1 Å². The van der Waals surface area contributed by atoms with E-state index in [0.29, 0.717) is 29.2 Å². The third kappa shape index (κ3) is 5.81. The molecule has 2 rings (SSSR count). The molecule has 0 saturated carbocycles. The Labute approximate surface area is 167 Å². The lowest BCUT2D eigenvalue weighted by atomic mass is 10.1. The molecule has 0 unspecified atom stereocenters. The van der Waals surface area contributed by atoms with Gasteiger partial charge in [0, 0.05) is 18.4 Å². The normalized spacial score (nSPS) is 11.5. The second-order valence-electron chi connectivity index (χ2n) is 6.57. The van der Waals surface area contributed by atoms with Gasteiger partial charge in [-0.3, -0.25) is 4.79 Å². The molecule has 0 saturated heterocycles. The van der Waals surface area contributed by atoms with E-state index in [4.69, 9.17) is 4.74 Å². The van der Waals surface area contributed by atoms with Gasteiger partial charge in [0.05, 0.1) is 10.6 Å². The molecular weight excluding hydrogens is 376 g/mol. The molecule has 2 aromatic carbocycles. The van der Waals surface area contributed by atoms with Crippen LogP contribution in [0.2, 0.25) is 0 Å². The average molecular weight is 405 g/mol. The summed E-state index contributed by atoms with van der Waals surface area (Å²) < 4.78 is 29.5. The van der Waals surface area contributed by atoms with Crippen molar-refractivity contribution in [2.45, 2.75) is 25.7 Å². The van der Waals surface area contributed by atoms with Gasteiger partial charge in [0.25, 0.3) is 5.91 Å². The van der Waals surface area contributed by atoms with Crippen molar-refractivity contribution in [3.8, 4) is 5.75 Å². The molecule has 152 valence electrons. The van der Waals surface area contributed by atoms with Crippen molar-refractivity contribution in [2.24, 2.45) is 0 Å². The van der Waals surface area contributed by atoms with Gasteiger partial charge in [0.2, 0.25) is 0 Å². The van der Waals surface area contributed by atoms with Crippen LogP contribution in [0.1, 0.15) is 29.8 Å². The maximum absolute atomic E-state index is 12.8. The van der Waals surface area contributed by atoms with E-state index in [-0.39, 0.29) is 10.8 Å². The van der Waals surface area contributed by atoms with Crippen molar-refractivity contribution in [1.82, 2.24) is 4.90 Å². The fourth-order valence-electron chi connectivity index (χ4n) is 2.79. The lowest BCUT2D eigenvalue weighted by Crippen LogP contribution is -2.28. The highest BCUT2D eigenvalue weighted by molar-refractivity contribution is 7.90. The molecule has 6 nitrogen and oxygen atoms in total. The molecule has 0 aliphatic rings. The Hall–Kier alpha value is -2.38. The van der Waals surface area contributed by atoms with Crippen LogP contribution in [0, 0.1) is 6.92 Å². The molecule has 0 fully saturated rings. The SMILES string of the molecule is CCN(CC)CCOc1ccccc1NC(=O)c1cc(S(C)(=O)=O)ccc1C. The van der Waals surface area contributed by atoms with Gasteiger partial charge >= 0.3 is 0 Å². The number of ether oxygens (including phenoxy) is 1. The lowest BCUT2D eigenvalue weighted by molar-refractivity contribution is 0.102. The molecule has 0 heterocycles. The third-order valence-corrected chi connectivity index (χ3v) is 5.69. The zero-order chi connectivity index (χ0) is 20.7. The van der Waals surface area contributed by atoms with Gasteiger partial charge in [-0.15, -0.1) is 0 Å². The quantitative estimate of drug-likeness (QED) is 0.693. The number of anilines is 1. The van der Waals surface area contributed by atoms with E-state index in [0.717, 1.165) is 25.9 Å². The van der Waals surface area contributed by atoms with Crippen LogP contribution in [0.5, 0.6) is 5.75 Å². The molecule has 0 spiro atoms. The van der Waals surface area contributed by atoms with E-state index in [1.54, 1.807) is 25.1 Å². The summed E-state index contributed by atoms with van der Waals surface area (Å²) in [5.74, 6) is 0.211. The summed E-state index contributed by atoms with van der Waals surface area (Å²) in [5, 5.41) is 2.84. The van der Waals surface area contributed by atoms with Gasteiger partial charge in [0.15, 0.2) is 9.84 Å². The summed E-state index contributed by atoms with van der Waals surface area (Å²) in [4.78, 5) is 15.1. The molecular formula is C21H28N2O4S. The fraction of sp³-hybridized carbons (Fsp3) is 0.381. The van der Waals surface area contributed by atoms with Crippen LogP contribution >= 0.6 is 0 Å². The van der Waals surface area contributed by atoms with Crippen LogP contribution < -0.4 is 10.1 Å². The highest BCUT2D eigenvalue weighted by Crippen LogP contribution is 2.25. The molecule has 0 radical (unpaired) electrons. The zero-order valence-electron chi connectivity index (χ0n) is 16.9. The molecule has 0 atom stereocenters. The van der Waals surface area contributed by atoms with E-state index in [1.807, 2.05) is 12.1 Å². The molecule has 7 heteroatoms. The Morgan fingerprint density at radius 3 is 2.43 bits per heavy atom. The Kier molecular flexibility index (Phi) is 7.60. The first kappa shape index (κ1) is 21.9. The van der Waals surface area contributed by atoms with Crippen LogP contribution in [-0.2, 0) is 9.84 Å². The molecule has 1 amide bonds. The standard InChI is InChI=1S/C21H28N2O4S/c1-5-23(6-2)13-14-27-20-10-8-7-9-19(20)22-21(24)18-15-17(28(4,25)26)12-11-16(18)3/h7-12,15H,5-6,13-14H2,1-4H3,(H,22,24). The summed E-state index contributed by atoms with van der Waals surface area (Å²) >= 11 is 0. The zero-order valence-corrected chi connectivity index (χ0v) is 17.7. The Bertz CT molecular complexity index is 922. The largest absolute Gasteiger partial charge is 0.490 e. The maximum atomic E-state index is 12.8. The number of rotatable bonds is 9. The highest BCUT2D eigenvalue weighted by atomic mass is 32.2. The predicted octanol–water partition coefficient (Wildman–Crippen LogP) is 3.37. The van der Waals surface area contributed by atoms with Crippen LogP contribution in [0.15, 0.2) is 47.4 Å². The minimum atomic E-state index is -3.39. The number of para-hydroxylation sites is 2. The number of hydrogen-bond donors (Lipinski definition) is 1. The van der Waals surface area contributed by atoms with Gasteiger partial charge in [-0.1, -0.05) is 32.0 Å². The number of nitrogens with one attached hydrogen (secondary N) is 1. The van der Waals surface area contributed by atoms with E-state index in [1.165, 1.54) is 12.1 Å². The lowest BCUT2D eigenvalue weighted by Gasteiger charge is -2.19. The van der Waals surface area contributed by atoms with Gasteiger partial charge in [-0.05, 0) is 49.8 Å². The first-order valence-corrected chi connectivity index (χ1v) is 11.2. The van der Waals surface area contributed by atoms with Crippen molar-refractivity contribution in [1.29, 1.82) is 0 Å². The molecule has 28 heavy (non-hydrogen) atoms. The third-order valence-electron chi connectivity index (χ3n) is 4.58. The monoisotopic (exact) mass is 404 g/mol. The van der Waals surface area contributed by atoms with Gasteiger partial charge in [0.1, 0.15) is 12.4 Å². The van der Waals surface area contributed by atoms with Crippen LogP contribution in [0.3, 0.4) is 0 Å². The summed E-state index contributed by atoms with van der Waals surface area (Å²) in [6.45, 7) is 9.19. The first-order chi connectivity index (χ1) is 13.3. The highest BCUT2D eigenvalue weighted by Gasteiger charge is 2.16. The molecule has 0 bridgehead atoms. The molecule has 0 aromatic heterocycles. The number of hydrogen-bond acceptors (Lipinski definition) is 5. The van der Waals surface area contributed by atoms with Gasteiger partial charge in [-0.25, -0.2) is 8.42 Å². The minimum Gasteiger partial charge on any atom is -0.490 e. The van der Waals surface area contributed by atoms with Crippen molar-refractivity contribution < 1.29 is 17.9 Å². The predicted molar refractivity (Wildman–Crippen MR) is 112 cm³/mol. The summed E-state index contributed by atoms with van der Waals surface area (Å²) in [6.07, 6.45) is 1.12. The second kappa shape index (κ2) is 9.71. The van der Waals surface area contributed by atoms with Crippen molar-refractivity contribution in [3.63, 3.8) is 0 Å². The number of benzene rings is 2. The van der Waals surface area contributed by atoms with Crippen molar-refractivity contribution >= 4 is 21.4 Å². The van der Waals surface area contributed by atoms with Crippen molar-refractivity contribution in [3.05, 3.63) is 53.6 Å². The van der Waals surface area contributed by atoms with Crippen LogP contribution in [0.25, 0.3) is 0 Å². The van der Waals surface area contributed by atoms with E-state index >= 15 is 0 Å². The van der Waals surface area contributed by atoms with Gasteiger partial charge < -0.3 is 15.0 Å². The molecule has 0 aliphatic carbocycles. The first-order valence-electron chi connectivity index (χ1n) is 9.32. The Morgan fingerprint density at radius 2 is 1.79 bits per heavy atom. The van der Waals surface area contributed by atoms with Crippen molar-refractivity contribution in [2.75, 3.05) is 37.8 Å². The molecule has 2 aromatic rings. The number of amides is 1. The molecule has 1 N–H and O–H groups in total. The number of sulfone groups is 1. The number of carbonyl (C=O) groups is 1. The number of likely N-dealkylation sites (N-methyl/N-ethyl adjacent to an activating group) is 1. The Balaban J connectivity index is 2.17. The summed E-state index contributed by atoms with van der Waals surface area (Å²) in [7, 11) is -3.39. The summed E-state index contributed by atoms with van der Waals surface area (Å²) in [5.41, 5.74) is 1.57. The Morgan fingerprint density at radius 1 is 1.11 bits per heavy atom. The van der Waals surface area contributed by atoms with E-state index in [9.17, 15) is 13.2 Å². The number of carbonyl (C=O) groups excluding carboxylic acids is 1. The smallest absolute Gasteiger partial charge is 0.256 e. The van der Waals surface area contributed by atoms with Crippen LogP contribution in [-0.4, -0.2) is 51.7 Å². The minimum absolute atomic E-state index is 0.118. The molecule has 0 aliphatic heterocycles. The maximum Gasteiger partial charge on any atom is 0.256 e.